The van der Waals surface area contributed by atoms with E-state index in [1.807, 2.05) is 36.1 Å². The lowest BCUT2D eigenvalue weighted by Gasteiger charge is -2.25. The van der Waals surface area contributed by atoms with E-state index in [1.165, 1.54) is 0 Å². The van der Waals surface area contributed by atoms with E-state index in [9.17, 15) is 4.79 Å². The number of carbonyl (C=O) groups is 1. The molecule has 0 bridgehead atoms. The van der Waals surface area contributed by atoms with E-state index < -0.39 is 0 Å². The Morgan fingerprint density at radius 3 is 2.86 bits per heavy atom. The van der Waals surface area contributed by atoms with Crippen LogP contribution in [0.4, 0.5) is 0 Å². The average Bonchev–Trinajstić information content (AvgIpc) is 3.43. The number of para-hydroxylation sites is 2. The Morgan fingerprint density at radius 1 is 1.29 bits per heavy atom. The Balaban J connectivity index is 1.47. The SMILES string of the molecule is CCN(CC)C1CCN(C(=O)c2cc(Cn3c(C)nc4ccccc43)on2)C1. The number of benzene rings is 1. The van der Waals surface area contributed by atoms with Crippen molar-refractivity contribution >= 4 is 16.9 Å². The smallest absolute Gasteiger partial charge is 0.276 e. The molecule has 148 valence electrons. The van der Waals surface area contributed by atoms with Gasteiger partial charge in [-0.05, 0) is 38.6 Å². The summed E-state index contributed by atoms with van der Waals surface area (Å²) in [6.45, 7) is 10.4. The predicted octanol–water partition coefficient (Wildman–Crippen LogP) is 2.94. The Hall–Kier alpha value is -2.67. The third-order valence-corrected chi connectivity index (χ3v) is 5.72. The maximum atomic E-state index is 12.9. The fourth-order valence-electron chi connectivity index (χ4n) is 4.17. The van der Waals surface area contributed by atoms with Gasteiger partial charge in [0.1, 0.15) is 5.82 Å². The molecule has 1 atom stereocenters. The number of nitrogens with zero attached hydrogens (tertiary/aromatic N) is 5. The fraction of sp³-hybridized carbons (Fsp3) is 0.476. The molecule has 1 saturated heterocycles. The number of imidazole rings is 1. The molecule has 3 aromatic rings. The van der Waals surface area contributed by atoms with Crippen molar-refractivity contribution in [2.75, 3.05) is 26.2 Å². The van der Waals surface area contributed by atoms with Crippen molar-refractivity contribution in [2.45, 2.75) is 39.8 Å². The highest BCUT2D eigenvalue weighted by Gasteiger charge is 2.31. The number of aryl methyl sites for hydroxylation is 1. The zero-order valence-corrected chi connectivity index (χ0v) is 16.8. The first-order chi connectivity index (χ1) is 13.6. The first-order valence-corrected chi connectivity index (χ1v) is 10.0. The molecule has 0 spiro atoms. The van der Waals surface area contributed by atoms with Gasteiger partial charge in [0.25, 0.3) is 5.91 Å². The third-order valence-electron chi connectivity index (χ3n) is 5.72. The summed E-state index contributed by atoms with van der Waals surface area (Å²) in [6, 6.07) is 10.2. The van der Waals surface area contributed by atoms with Crippen LogP contribution in [0.1, 0.15) is 42.3 Å². The zero-order chi connectivity index (χ0) is 19.7. The van der Waals surface area contributed by atoms with E-state index >= 15 is 0 Å². The van der Waals surface area contributed by atoms with Gasteiger partial charge in [-0.15, -0.1) is 0 Å². The van der Waals surface area contributed by atoms with Gasteiger partial charge in [0.2, 0.25) is 0 Å². The molecule has 1 aliphatic heterocycles. The quantitative estimate of drug-likeness (QED) is 0.657. The van der Waals surface area contributed by atoms with Crippen molar-refractivity contribution in [1.82, 2.24) is 24.5 Å². The summed E-state index contributed by atoms with van der Waals surface area (Å²) in [4.78, 5) is 21.7. The number of likely N-dealkylation sites (tertiary alicyclic amines) is 1. The Bertz CT molecular complexity index is 972. The molecular weight excluding hydrogens is 354 g/mol. The first kappa shape index (κ1) is 18.7. The van der Waals surface area contributed by atoms with Crippen LogP contribution in [0.25, 0.3) is 11.0 Å². The molecule has 3 heterocycles. The minimum atomic E-state index is -0.0446. The van der Waals surface area contributed by atoms with Gasteiger partial charge in [0.05, 0.1) is 17.6 Å². The Kier molecular flexibility index (Phi) is 5.17. The van der Waals surface area contributed by atoms with E-state index in [0.29, 0.717) is 24.0 Å². The fourth-order valence-corrected chi connectivity index (χ4v) is 4.17. The topological polar surface area (TPSA) is 67.4 Å². The average molecular weight is 381 g/mol. The van der Waals surface area contributed by atoms with Crippen LogP contribution in [0, 0.1) is 6.92 Å². The molecule has 7 heteroatoms. The van der Waals surface area contributed by atoms with Gasteiger partial charge in [-0.25, -0.2) is 4.98 Å². The second-order valence-electron chi connectivity index (χ2n) is 7.33. The lowest BCUT2D eigenvalue weighted by Crippen LogP contribution is -2.38. The summed E-state index contributed by atoms with van der Waals surface area (Å²) < 4.78 is 7.56. The van der Waals surface area contributed by atoms with Crippen molar-refractivity contribution in [2.24, 2.45) is 0 Å². The summed E-state index contributed by atoms with van der Waals surface area (Å²) in [6.07, 6.45) is 1.01. The predicted molar refractivity (Wildman–Crippen MR) is 107 cm³/mol. The summed E-state index contributed by atoms with van der Waals surface area (Å²) in [7, 11) is 0. The number of likely N-dealkylation sites (N-methyl/N-ethyl adjacent to an activating group) is 1. The molecule has 2 aromatic heterocycles. The second kappa shape index (κ2) is 7.75. The number of hydrogen-bond donors (Lipinski definition) is 0. The van der Waals surface area contributed by atoms with Crippen LogP contribution in [-0.4, -0.2) is 62.6 Å². The molecule has 0 N–H and O–H groups in total. The maximum absolute atomic E-state index is 12.9. The molecule has 1 aromatic carbocycles. The van der Waals surface area contributed by atoms with E-state index in [4.69, 9.17) is 4.52 Å². The lowest BCUT2D eigenvalue weighted by molar-refractivity contribution is 0.0767. The summed E-state index contributed by atoms with van der Waals surface area (Å²) in [5.74, 6) is 1.53. The van der Waals surface area contributed by atoms with E-state index in [1.54, 1.807) is 6.07 Å². The molecule has 28 heavy (non-hydrogen) atoms. The molecule has 1 aliphatic rings. The molecule has 0 aliphatic carbocycles. The van der Waals surface area contributed by atoms with Gasteiger partial charge in [0, 0.05) is 25.2 Å². The monoisotopic (exact) mass is 381 g/mol. The van der Waals surface area contributed by atoms with Gasteiger partial charge in [-0.2, -0.15) is 0 Å². The molecular formula is C21H27N5O2. The van der Waals surface area contributed by atoms with Crippen molar-refractivity contribution in [1.29, 1.82) is 0 Å². The summed E-state index contributed by atoms with van der Waals surface area (Å²) >= 11 is 0. The van der Waals surface area contributed by atoms with E-state index in [-0.39, 0.29) is 5.91 Å². The van der Waals surface area contributed by atoms with Crippen molar-refractivity contribution < 1.29 is 9.32 Å². The van der Waals surface area contributed by atoms with Gasteiger partial charge in [-0.3, -0.25) is 9.69 Å². The molecule has 1 amide bonds. The number of amides is 1. The number of hydrogen-bond acceptors (Lipinski definition) is 5. The van der Waals surface area contributed by atoms with E-state index in [2.05, 4.69) is 33.5 Å². The maximum Gasteiger partial charge on any atom is 0.276 e. The normalized spacial score (nSPS) is 17.1. The lowest BCUT2D eigenvalue weighted by atomic mass is 10.2. The summed E-state index contributed by atoms with van der Waals surface area (Å²) in [5.41, 5.74) is 2.39. The van der Waals surface area contributed by atoms with Crippen LogP contribution >= 0.6 is 0 Å². The van der Waals surface area contributed by atoms with Crippen LogP contribution in [0.15, 0.2) is 34.9 Å². The van der Waals surface area contributed by atoms with Gasteiger partial charge in [0.15, 0.2) is 11.5 Å². The largest absolute Gasteiger partial charge is 0.359 e. The van der Waals surface area contributed by atoms with E-state index in [0.717, 1.165) is 49.5 Å². The molecule has 0 radical (unpaired) electrons. The minimum Gasteiger partial charge on any atom is -0.359 e. The number of rotatable bonds is 6. The zero-order valence-electron chi connectivity index (χ0n) is 16.8. The highest BCUT2D eigenvalue weighted by Crippen LogP contribution is 2.20. The van der Waals surface area contributed by atoms with Gasteiger partial charge >= 0.3 is 0 Å². The number of fused-ring (bicyclic) bond motifs is 1. The third kappa shape index (κ3) is 3.42. The van der Waals surface area contributed by atoms with Crippen molar-refractivity contribution in [3.63, 3.8) is 0 Å². The number of carbonyl (C=O) groups excluding carboxylic acids is 1. The van der Waals surface area contributed by atoms with Gasteiger partial charge in [-0.1, -0.05) is 31.1 Å². The van der Waals surface area contributed by atoms with Crippen molar-refractivity contribution in [3.05, 3.63) is 47.6 Å². The summed E-state index contributed by atoms with van der Waals surface area (Å²) in [5, 5.41) is 4.05. The first-order valence-electron chi connectivity index (χ1n) is 10.0. The van der Waals surface area contributed by atoms with Crippen LogP contribution in [-0.2, 0) is 6.54 Å². The van der Waals surface area contributed by atoms with Crippen LogP contribution in [0.2, 0.25) is 0 Å². The Labute approximate surface area is 164 Å². The molecule has 1 fully saturated rings. The molecule has 7 nitrogen and oxygen atoms in total. The molecule has 1 unspecified atom stereocenters. The molecule has 4 rings (SSSR count). The number of aromatic nitrogens is 3. The van der Waals surface area contributed by atoms with Gasteiger partial charge < -0.3 is 14.0 Å². The standard InChI is InChI=1S/C21H27N5O2/c1-4-24(5-2)16-10-11-25(13-16)21(27)19-12-17(28-23-19)14-26-15(3)22-18-8-6-7-9-20(18)26/h6-9,12,16H,4-5,10-11,13-14H2,1-3H3. The van der Waals surface area contributed by atoms with Crippen LogP contribution < -0.4 is 0 Å². The Morgan fingerprint density at radius 2 is 2.07 bits per heavy atom. The molecule has 0 saturated carbocycles. The minimum absolute atomic E-state index is 0.0446. The highest BCUT2D eigenvalue weighted by atomic mass is 16.5. The van der Waals surface area contributed by atoms with Crippen LogP contribution in [0.3, 0.4) is 0 Å². The van der Waals surface area contributed by atoms with Crippen molar-refractivity contribution in [3.8, 4) is 0 Å². The highest BCUT2D eigenvalue weighted by molar-refractivity contribution is 5.92. The second-order valence-corrected chi connectivity index (χ2v) is 7.33. The van der Waals surface area contributed by atoms with Crippen LogP contribution in [0.5, 0.6) is 0 Å².